The Bertz CT molecular complexity index is 396. The van der Waals surface area contributed by atoms with E-state index in [1.807, 2.05) is 38.1 Å². The number of carbonyl (C=O) groups excluding carboxylic acids is 1. The second kappa shape index (κ2) is 7.29. The third kappa shape index (κ3) is 5.03. The molecule has 0 fully saturated rings. The molecule has 1 unspecified atom stereocenters. The molecule has 1 rings (SSSR count). The van der Waals surface area contributed by atoms with Gasteiger partial charge < -0.3 is 10.5 Å². The van der Waals surface area contributed by atoms with Gasteiger partial charge in [-0.2, -0.15) is 0 Å². The molecule has 19 heavy (non-hydrogen) atoms. The molecule has 0 heterocycles. The van der Waals surface area contributed by atoms with Crippen molar-refractivity contribution in [2.45, 2.75) is 40.2 Å². The van der Waals surface area contributed by atoms with Crippen LogP contribution in [0.1, 0.15) is 44.5 Å². The Morgan fingerprint density at radius 1 is 1.16 bits per heavy atom. The zero-order chi connectivity index (χ0) is 14.4. The third-order valence-electron chi connectivity index (χ3n) is 2.92. The van der Waals surface area contributed by atoms with Crippen LogP contribution in [0.2, 0.25) is 0 Å². The first-order valence-corrected chi connectivity index (χ1v) is 6.95. The van der Waals surface area contributed by atoms with Crippen LogP contribution in [0.25, 0.3) is 0 Å². The van der Waals surface area contributed by atoms with Crippen LogP contribution in [0, 0.1) is 11.8 Å². The van der Waals surface area contributed by atoms with Gasteiger partial charge in [-0.25, -0.2) is 0 Å². The Morgan fingerprint density at radius 3 is 2.16 bits per heavy atom. The summed E-state index contributed by atoms with van der Waals surface area (Å²) in [5, 5.41) is 0. The molecule has 0 amide bonds. The molecule has 3 nitrogen and oxygen atoms in total. The number of ether oxygens (including phenoxy) is 1. The van der Waals surface area contributed by atoms with Crippen LogP contribution in [-0.2, 0) is 0 Å². The molecule has 0 aliphatic carbocycles. The first-order valence-electron chi connectivity index (χ1n) is 6.95. The van der Waals surface area contributed by atoms with Crippen LogP contribution >= 0.6 is 0 Å². The second-order valence-electron chi connectivity index (χ2n) is 5.62. The van der Waals surface area contributed by atoms with Gasteiger partial charge in [0.05, 0.1) is 6.10 Å². The van der Waals surface area contributed by atoms with Crippen LogP contribution in [0.15, 0.2) is 24.3 Å². The molecule has 1 atom stereocenters. The van der Waals surface area contributed by atoms with Gasteiger partial charge in [-0.05, 0) is 50.5 Å². The van der Waals surface area contributed by atoms with Crippen molar-refractivity contribution in [3.05, 3.63) is 29.8 Å². The lowest BCUT2D eigenvalue weighted by molar-refractivity contribution is 0.0909. The monoisotopic (exact) mass is 263 g/mol. The minimum Gasteiger partial charge on any atom is -0.491 e. The van der Waals surface area contributed by atoms with Crippen molar-refractivity contribution < 1.29 is 9.53 Å². The lowest BCUT2D eigenvalue weighted by Gasteiger charge is -2.16. The molecule has 0 radical (unpaired) electrons. The van der Waals surface area contributed by atoms with Crippen LogP contribution in [0.3, 0.4) is 0 Å². The van der Waals surface area contributed by atoms with E-state index in [4.69, 9.17) is 10.5 Å². The van der Waals surface area contributed by atoms with Crippen LogP contribution in [0.4, 0.5) is 0 Å². The number of rotatable bonds is 7. The van der Waals surface area contributed by atoms with E-state index in [0.29, 0.717) is 18.0 Å². The number of nitrogens with two attached hydrogens (primary N) is 1. The standard InChI is InChI=1S/C16H25NO2/c1-11(2)9-14(10-17)16(18)13-5-7-15(8-6-13)19-12(3)4/h5-8,11-12,14H,9-10,17H2,1-4H3. The largest absolute Gasteiger partial charge is 0.491 e. The molecule has 1 aromatic rings. The van der Waals surface area contributed by atoms with Gasteiger partial charge in [0.2, 0.25) is 0 Å². The Morgan fingerprint density at radius 2 is 1.74 bits per heavy atom. The van der Waals surface area contributed by atoms with E-state index in [9.17, 15) is 4.79 Å². The molecule has 0 aromatic heterocycles. The number of Topliss-reactive ketones (excluding diaryl/α,β-unsaturated/α-hetero) is 1. The highest BCUT2D eigenvalue weighted by molar-refractivity contribution is 5.98. The molecule has 0 aliphatic heterocycles. The average molecular weight is 263 g/mol. The molecule has 1 aromatic carbocycles. The Hall–Kier alpha value is -1.35. The van der Waals surface area contributed by atoms with Gasteiger partial charge in [0.1, 0.15) is 5.75 Å². The maximum absolute atomic E-state index is 12.3. The van der Waals surface area contributed by atoms with E-state index >= 15 is 0 Å². The fraction of sp³-hybridized carbons (Fsp3) is 0.562. The Balaban J connectivity index is 2.76. The molecule has 0 aliphatic rings. The minimum absolute atomic E-state index is 0.0862. The zero-order valence-electron chi connectivity index (χ0n) is 12.3. The lowest BCUT2D eigenvalue weighted by Crippen LogP contribution is -2.25. The van der Waals surface area contributed by atoms with Crippen molar-refractivity contribution in [3.8, 4) is 5.75 Å². The van der Waals surface area contributed by atoms with Crippen molar-refractivity contribution in [2.24, 2.45) is 17.6 Å². The summed E-state index contributed by atoms with van der Waals surface area (Å²) in [4.78, 5) is 12.3. The second-order valence-corrected chi connectivity index (χ2v) is 5.62. The number of benzene rings is 1. The quantitative estimate of drug-likeness (QED) is 0.768. The normalized spacial score (nSPS) is 12.8. The molecule has 0 saturated carbocycles. The highest BCUT2D eigenvalue weighted by Crippen LogP contribution is 2.19. The Labute approximate surface area is 116 Å². The van der Waals surface area contributed by atoms with Gasteiger partial charge in [-0.15, -0.1) is 0 Å². The summed E-state index contributed by atoms with van der Waals surface area (Å²) in [5.74, 6) is 1.31. The molecule has 106 valence electrons. The molecular formula is C16H25NO2. The van der Waals surface area contributed by atoms with Gasteiger partial charge in [-0.1, -0.05) is 13.8 Å². The lowest BCUT2D eigenvalue weighted by atomic mass is 9.90. The number of hydrogen-bond donors (Lipinski definition) is 1. The van der Waals surface area contributed by atoms with E-state index in [0.717, 1.165) is 12.2 Å². The summed E-state index contributed by atoms with van der Waals surface area (Å²) in [6.07, 6.45) is 0.971. The van der Waals surface area contributed by atoms with Gasteiger partial charge in [-0.3, -0.25) is 4.79 Å². The molecule has 0 bridgehead atoms. The first-order chi connectivity index (χ1) is 8.93. The molecular weight excluding hydrogens is 238 g/mol. The van der Waals surface area contributed by atoms with E-state index in [1.54, 1.807) is 0 Å². The summed E-state index contributed by atoms with van der Waals surface area (Å²) in [6, 6.07) is 7.33. The maximum atomic E-state index is 12.3. The van der Waals surface area contributed by atoms with Crippen molar-refractivity contribution in [1.82, 2.24) is 0 Å². The van der Waals surface area contributed by atoms with Crippen LogP contribution < -0.4 is 10.5 Å². The SMILES string of the molecule is CC(C)CC(CN)C(=O)c1ccc(OC(C)C)cc1. The van der Waals surface area contributed by atoms with E-state index in [2.05, 4.69) is 13.8 Å². The van der Waals surface area contributed by atoms with Gasteiger partial charge in [0, 0.05) is 18.0 Å². The highest BCUT2D eigenvalue weighted by Gasteiger charge is 2.19. The smallest absolute Gasteiger partial charge is 0.167 e. The highest BCUT2D eigenvalue weighted by atomic mass is 16.5. The summed E-state index contributed by atoms with van der Waals surface area (Å²) < 4.78 is 5.56. The van der Waals surface area contributed by atoms with Crippen LogP contribution in [-0.4, -0.2) is 18.4 Å². The minimum atomic E-state index is -0.0862. The average Bonchev–Trinajstić information content (AvgIpc) is 2.35. The van der Waals surface area contributed by atoms with E-state index in [1.165, 1.54) is 0 Å². The fourth-order valence-corrected chi connectivity index (χ4v) is 2.08. The van der Waals surface area contributed by atoms with Gasteiger partial charge in [0.25, 0.3) is 0 Å². The van der Waals surface area contributed by atoms with E-state index in [-0.39, 0.29) is 17.8 Å². The van der Waals surface area contributed by atoms with Crippen LogP contribution in [0.5, 0.6) is 5.75 Å². The molecule has 3 heteroatoms. The summed E-state index contributed by atoms with van der Waals surface area (Å²) >= 11 is 0. The fourth-order valence-electron chi connectivity index (χ4n) is 2.08. The van der Waals surface area contributed by atoms with Gasteiger partial charge >= 0.3 is 0 Å². The summed E-state index contributed by atoms with van der Waals surface area (Å²) in [6.45, 7) is 8.57. The van der Waals surface area contributed by atoms with Crippen molar-refractivity contribution in [1.29, 1.82) is 0 Å². The van der Waals surface area contributed by atoms with Crippen molar-refractivity contribution >= 4 is 5.78 Å². The first kappa shape index (κ1) is 15.7. The summed E-state index contributed by atoms with van der Waals surface area (Å²) in [5.41, 5.74) is 6.42. The van der Waals surface area contributed by atoms with Crippen molar-refractivity contribution in [2.75, 3.05) is 6.54 Å². The van der Waals surface area contributed by atoms with E-state index < -0.39 is 0 Å². The molecule has 0 saturated heterocycles. The number of ketones is 1. The molecule has 2 N–H and O–H groups in total. The predicted molar refractivity (Wildman–Crippen MR) is 78.5 cm³/mol. The summed E-state index contributed by atoms with van der Waals surface area (Å²) in [7, 11) is 0. The number of carbonyl (C=O) groups is 1. The number of hydrogen-bond acceptors (Lipinski definition) is 3. The predicted octanol–water partition coefficient (Wildman–Crippen LogP) is 3.28. The maximum Gasteiger partial charge on any atom is 0.167 e. The Kier molecular flexibility index (Phi) is 6.03. The zero-order valence-corrected chi connectivity index (χ0v) is 12.3. The van der Waals surface area contributed by atoms with Gasteiger partial charge in [0.15, 0.2) is 5.78 Å². The topological polar surface area (TPSA) is 52.3 Å². The molecule has 0 spiro atoms. The van der Waals surface area contributed by atoms with Crippen molar-refractivity contribution in [3.63, 3.8) is 0 Å². The third-order valence-corrected chi connectivity index (χ3v) is 2.92.